The Morgan fingerprint density at radius 1 is 1.27 bits per heavy atom. The number of hydrogen-bond donors (Lipinski definition) is 0. The average Bonchev–Trinajstić information content (AvgIpc) is 2.22. The maximum absolute atomic E-state index is 11.3. The van der Waals surface area contributed by atoms with Gasteiger partial charge in [0.25, 0.3) is 0 Å². The van der Waals surface area contributed by atoms with Crippen molar-refractivity contribution in [1.29, 1.82) is 0 Å². The molecule has 2 heteroatoms. The molecule has 1 unspecified atom stereocenters. The van der Waals surface area contributed by atoms with Gasteiger partial charge in [0.05, 0.1) is 0 Å². The molecule has 0 aliphatic heterocycles. The Morgan fingerprint density at radius 3 is 2.67 bits per heavy atom. The molecule has 0 heterocycles. The molecule has 1 aliphatic rings. The van der Waals surface area contributed by atoms with E-state index in [1.807, 2.05) is 11.8 Å². The second-order valence-corrected chi connectivity index (χ2v) is 5.56. The summed E-state index contributed by atoms with van der Waals surface area (Å²) in [7, 11) is 0. The van der Waals surface area contributed by atoms with Crippen molar-refractivity contribution < 1.29 is 4.79 Å². The van der Waals surface area contributed by atoms with Gasteiger partial charge in [-0.25, -0.2) is 0 Å². The lowest BCUT2D eigenvalue weighted by atomic mass is 9.99. The Morgan fingerprint density at radius 2 is 2.00 bits per heavy atom. The van der Waals surface area contributed by atoms with Crippen LogP contribution in [0, 0.1) is 6.92 Å². The zero-order valence-corrected chi connectivity index (χ0v) is 9.85. The summed E-state index contributed by atoms with van der Waals surface area (Å²) in [6, 6.07) is 8.57. The molecule has 0 N–H and O–H groups in total. The lowest BCUT2D eigenvalue weighted by molar-refractivity contribution is -0.120. The van der Waals surface area contributed by atoms with E-state index in [1.165, 1.54) is 16.9 Å². The lowest BCUT2D eigenvalue weighted by Crippen LogP contribution is -2.16. The number of thioether (sulfide) groups is 1. The van der Waals surface area contributed by atoms with Crippen LogP contribution in [0.3, 0.4) is 0 Å². The summed E-state index contributed by atoms with van der Waals surface area (Å²) in [6.07, 6.45) is 3.82. The number of carbonyl (C=O) groups excluding carboxylic acids is 1. The first-order valence-electron chi connectivity index (χ1n) is 5.49. The van der Waals surface area contributed by atoms with Gasteiger partial charge in [-0.3, -0.25) is 4.79 Å². The Bertz CT molecular complexity index is 342. The van der Waals surface area contributed by atoms with Gasteiger partial charge in [0, 0.05) is 23.0 Å². The molecule has 1 fully saturated rings. The molecular weight excluding hydrogens is 204 g/mol. The number of Topliss-reactive ketones (excluding diaryl/α,β-unsaturated/α-hetero) is 1. The van der Waals surface area contributed by atoms with Crippen molar-refractivity contribution in [2.45, 2.75) is 42.8 Å². The van der Waals surface area contributed by atoms with Crippen molar-refractivity contribution >= 4 is 17.5 Å². The third kappa shape index (κ3) is 3.10. The summed E-state index contributed by atoms with van der Waals surface area (Å²) >= 11 is 1.86. The quantitative estimate of drug-likeness (QED) is 0.757. The summed E-state index contributed by atoms with van der Waals surface area (Å²) in [5.41, 5.74) is 1.29. The average molecular weight is 220 g/mol. The van der Waals surface area contributed by atoms with E-state index in [-0.39, 0.29) is 0 Å². The third-order valence-corrected chi connectivity index (χ3v) is 4.04. The van der Waals surface area contributed by atoms with Gasteiger partial charge >= 0.3 is 0 Å². The zero-order valence-electron chi connectivity index (χ0n) is 9.03. The molecule has 0 aromatic heterocycles. The molecule has 0 saturated heterocycles. The molecule has 1 aromatic carbocycles. The number of hydrogen-bond acceptors (Lipinski definition) is 2. The maximum Gasteiger partial charge on any atom is 0.134 e. The van der Waals surface area contributed by atoms with Crippen LogP contribution in [-0.2, 0) is 4.79 Å². The van der Waals surface area contributed by atoms with E-state index in [9.17, 15) is 4.79 Å². The van der Waals surface area contributed by atoms with E-state index in [4.69, 9.17) is 0 Å². The topological polar surface area (TPSA) is 17.1 Å². The van der Waals surface area contributed by atoms with E-state index in [0.717, 1.165) is 19.3 Å². The standard InChI is InChI=1S/C13H16OS/c1-10-5-7-12(8-6-10)15-13-4-2-3-11(14)9-13/h5-8,13H,2-4,9H2,1H3. The fourth-order valence-electron chi connectivity index (χ4n) is 1.89. The third-order valence-electron chi connectivity index (χ3n) is 2.76. The highest BCUT2D eigenvalue weighted by Gasteiger charge is 2.19. The van der Waals surface area contributed by atoms with Crippen molar-refractivity contribution in [3.05, 3.63) is 29.8 Å². The highest BCUT2D eigenvalue weighted by atomic mass is 32.2. The van der Waals surface area contributed by atoms with Crippen LogP contribution in [-0.4, -0.2) is 11.0 Å². The van der Waals surface area contributed by atoms with Gasteiger partial charge in [-0.1, -0.05) is 17.7 Å². The minimum Gasteiger partial charge on any atom is -0.300 e. The molecule has 1 atom stereocenters. The lowest BCUT2D eigenvalue weighted by Gasteiger charge is -2.20. The predicted molar refractivity (Wildman–Crippen MR) is 64.3 cm³/mol. The molecule has 0 bridgehead atoms. The monoisotopic (exact) mass is 220 g/mol. The van der Waals surface area contributed by atoms with Crippen LogP contribution in [0.15, 0.2) is 29.2 Å². The van der Waals surface area contributed by atoms with Gasteiger partial charge in [-0.15, -0.1) is 11.8 Å². The van der Waals surface area contributed by atoms with Crippen LogP contribution in [0.25, 0.3) is 0 Å². The Labute approximate surface area is 95.3 Å². The first-order chi connectivity index (χ1) is 7.24. The zero-order chi connectivity index (χ0) is 10.7. The number of ketones is 1. The normalized spacial score (nSPS) is 21.7. The molecule has 1 nitrogen and oxygen atoms in total. The van der Waals surface area contributed by atoms with Crippen LogP contribution in [0.4, 0.5) is 0 Å². The van der Waals surface area contributed by atoms with Crippen LogP contribution >= 0.6 is 11.8 Å². The second-order valence-electron chi connectivity index (χ2n) is 4.19. The molecule has 15 heavy (non-hydrogen) atoms. The van der Waals surface area contributed by atoms with E-state index < -0.39 is 0 Å². The predicted octanol–water partition coefficient (Wildman–Crippen LogP) is 3.60. The van der Waals surface area contributed by atoms with E-state index >= 15 is 0 Å². The summed E-state index contributed by atoms with van der Waals surface area (Å²) in [6.45, 7) is 2.10. The number of aryl methyl sites for hydroxylation is 1. The molecule has 0 amide bonds. The highest BCUT2D eigenvalue weighted by molar-refractivity contribution is 8.00. The molecule has 2 rings (SSSR count). The molecule has 0 spiro atoms. The number of rotatable bonds is 2. The largest absolute Gasteiger partial charge is 0.300 e. The minimum atomic E-state index is 0.436. The van der Waals surface area contributed by atoms with Gasteiger partial charge in [-0.05, 0) is 31.9 Å². The molecule has 1 aromatic rings. The Balaban J connectivity index is 1.96. The van der Waals surface area contributed by atoms with Crippen LogP contribution in [0.5, 0.6) is 0 Å². The molecule has 0 radical (unpaired) electrons. The first kappa shape index (κ1) is 10.7. The van der Waals surface area contributed by atoms with Crippen molar-refractivity contribution in [3.8, 4) is 0 Å². The maximum atomic E-state index is 11.3. The van der Waals surface area contributed by atoms with Gasteiger partial charge < -0.3 is 0 Å². The highest BCUT2D eigenvalue weighted by Crippen LogP contribution is 2.32. The molecule has 1 aliphatic carbocycles. The number of benzene rings is 1. The minimum absolute atomic E-state index is 0.436. The summed E-state index contributed by atoms with van der Waals surface area (Å²) in [5.74, 6) is 0.436. The van der Waals surface area contributed by atoms with E-state index in [1.54, 1.807) is 0 Å². The summed E-state index contributed by atoms with van der Waals surface area (Å²) in [5, 5.41) is 0.508. The smallest absolute Gasteiger partial charge is 0.134 e. The summed E-state index contributed by atoms with van der Waals surface area (Å²) < 4.78 is 0. The SMILES string of the molecule is Cc1ccc(SC2CCCC(=O)C2)cc1. The van der Waals surface area contributed by atoms with Gasteiger partial charge in [0.15, 0.2) is 0 Å². The fourth-order valence-corrected chi connectivity index (χ4v) is 3.13. The molecule has 80 valence electrons. The fraction of sp³-hybridized carbons (Fsp3) is 0.462. The van der Waals surface area contributed by atoms with Crippen molar-refractivity contribution in [1.82, 2.24) is 0 Å². The van der Waals surface area contributed by atoms with Crippen molar-refractivity contribution in [2.75, 3.05) is 0 Å². The van der Waals surface area contributed by atoms with Gasteiger partial charge in [0.1, 0.15) is 5.78 Å². The molecule has 1 saturated carbocycles. The van der Waals surface area contributed by atoms with Gasteiger partial charge in [0.2, 0.25) is 0 Å². The molecular formula is C13H16OS. The number of carbonyl (C=O) groups is 1. The van der Waals surface area contributed by atoms with Crippen LogP contribution < -0.4 is 0 Å². The van der Waals surface area contributed by atoms with E-state index in [0.29, 0.717) is 11.0 Å². The Kier molecular flexibility index (Phi) is 3.47. The van der Waals surface area contributed by atoms with E-state index in [2.05, 4.69) is 31.2 Å². The van der Waals surface area contributed by atoms with Crippen LogP contribution in [0.2, 0.25) is 0 Å². The van der Waals surface area contributed by atoms with Crippen molar-refractivity contribution in [2.24, 2.45) is 0 Å². The first-order valence-corrected chi connectivity index (χ1v) is 6.37. The van der Waals surface area contributed by atoms with Crippen LogP contribution in [0.1, 0.15) is 31.2 Å². The Hall–Kier alpha value is -0.760. The van der Waals surface area contributed by atoms with Crippen molar-refractivity contribution in [3.63, 3.8) is 0 Å². The van der Waals surface area contributed by atoms with Gasteiger partial charge in [-0.2, -0.15) is 0 Å². The second kappa shape index (κ2) is 4.84. The summed E-state index contributed by atoms with van der Waals surface area (Å²) in [4.78, 5) is 12.6.